The molecule has 0 amide bonds. The van der Waals surface area contributed by atoms with E-state index in [-0.39, 0.29) is 0 Å². The number of piperidine rings is 1. The van der Waals surface area contributed by atoms with Gasteiger partial charge in [-0.05, 0) is 50.3 Å². The van der Waals surface area contributed by atoms with Gasteiger partial charge in [0, 0.05) is 24.8 Å². The third-order valence-electron chi connectivity index (χ3n) is 4.76. The van der Waals surface area contributed by atoms with Gasteiger partial charge in [-0.1, -0.05) is 44.9 Å². The fourth-order valence-electron chi connectivity index (χ4n) is 3.48. The molecule has 1 fully saturated rings. The lowest BCUT2D eigenvalue weighted by atomic mass is 9.91. The summed E-state index contributed by atoms with van der Waals surface area (Å²) in [5.74, 6) is 0.953. The van der Waals surface area contributed by atoms with Gasteiger partial charge in [0.05, 0.1) is 0 Å². The average Bonchev–Trinajstić information content (AvgIpc) is 2.54. The highest BCUT2D eigenvalue weighted by Crippen LogP contribution is 2.31. The molecule has 1 aromatic carbocycles. The molecule has 1 aliphatic rings. The molecular formula is C19H32N2. The van der Waals surface area contributed by atoms with Gasteiger partial charge in [0.2, 0.25) is 0 Å². The molecule has 2 nitrogen and oxygen atoms in total. The third kappa shape index (κ3) is 4.47. The van der Waals surface area contributed by atoms with E-state index in [1.807, 2.05) is 0 Å². The molecule has 1 atom stereocenters. The first kappa shape index (κ1) is 16.4. The highest BCUT2D eigenvalue weighted by molar-refractivity contribution is 5.55. The lowest BCUT2D eigenvalue weighted by molar-refractivity contribution is 0.377. The second kappa shape index (κ2) is 8.43. The molecule has 0 bridgehead atoms. The highest BCUT2D eigenvalue weighted by Gasteiger charge is 2.21. The topological polar surface area (TPSA) is 15.3 Å². The van der Waals surface area contributed by atoms with E-state index in [1.165, 1.54) is 56.4 Å². The van der Waals surface area contributed by atoms with Crippen LogP contribution >= 0.6 is 0 Å². The molecule has 1 N–H and O–H groups in total. The Morgan fingerprint density at radius 3 is 2.52 bits per heavy atom. The molecule has 118 valence electrons. The van der Waals surface area contributed by atoms with Crippen molar-refractivity contribution in [1.29, 1.82) is 0 Å². The Labute approximate surface area is 130 Å². The van der Waals surface area contributed by atoms with E-state index in [9.17, 15) is 0 Å². The average molecular weight is 288 g/mol. The Balaban J connectivity index is 2.03. The molecule has 0 saturated carbocycles. The monoisotopic (exact) mass is 288 g/mol. The van der Waals surface area contributed by atoms with Crippen LogP contribution in [0, 0.1) is 5.92 Å². The Kier molecular flexibility index (Phi) is 6.56. The van der Waals surface area contributed by atoms with E-state index in [2.05, 4.69) is 55.3 Å². The number of benzene rings is 1. The molecule has 1 unspecified atom stereocenters. The summed E-state index contributed by atoms with van der Waals surface area (Å²) in [5.41, 5.74) is 2.91. The van der Waals surface area contributed by atoms with Crippen molar-refractivity contribution in [3.8, 4) is 0 Å². The maximum atomic E-state index is 3.63. The van der Waals surface area contributed by atoms with Crippen molar-refractivity contribution < 1.29 is 0 Å². The zero-order chi connectivity index (χ0) is 15.1. The third-order valence-corrected chi connectivity index (χ3v) is 4.76. The lowest BCUT2D eigenvalue weighted by Crippen LogP contribution is -2.35. The quantitative estimate of drug-likeness (QED) is 0.778. The minimum Gasteiger partial charge on any atom is -0.371 e. The number of hydrogen-bond acceptors (Lipinski definition) is 2. The molecular weight excluding hydrogens is 256 g/mol. The number of nitrogens with zero attached hydrogens (tertiary/aromatic N) is 1. The van der Waals surface area contributed by atoms with E-state index < -0.39 is 0 Å². The molecule has 1 aliphatic heterocycles. The SMILES string of the molecule is CCCNC(C)c1ccccc1N1CCC(CCC)CC1. The van der Waals surface area contributed by atoms with E-state index in [0.29, 0.717) is 6.04 Å². The van der Waals surface area contributed by atoms with E-state index in [1.54, 1.807) is 0 Å². The zero-order valence-corrected chi connectivity index (χ0v) is 14.1. The maximum absolute atomic E-state index is 3.63. The van der Waals surface area contributed by atoms with Crippen LogP contribution in [0.5, 0.6) is 0 Å². The van der Waals surface area contributed by atoms with Gasteiger partial charge >= 0.3 is 0 Å². The van der Waals surface area contributed by atoms with Gasteiger partial charge < -0.3 is 10.2 Å². The van der Waals surface area contributed by atoms with Crippen molar-refractivity contribution >= 4 is 5.69 Å². The second-order valence-electron chi connectivity index (χ2n) is 6.45. The van der Waals surface area contributed by atoms with E-state index >= 15 is 0 Å². The van der Waals surface area contributed by atoms with Crippen molar-refractivity contribution in [3.05, 3.63) is 29.8 Å². The Hall–Kier alpha value is -1.02. The van der Waals surface area contributed by atoms with Gasteiger partial charge in [0.15, 0.2) is 0 Å². The van der Waals surface area contributed by atoms with Crippen molar-refractivity contribution in [1.82, 2.24) is 5.32 Å². The molecule has 0 spiro atoms. The summed E-state index contributed by atoms with van der Waals surface area (Å²) in [5, 5.41) is 3.63. The maximum Gasteiger partial charge on any atom is 0.0414 e. The Morgan fingerprint density at radius 1 is 1.14 bits per heavy atom. The summed E-state index contributed by atoms with van der Waals surface area (Å²) in [6, 6.07) is 9.39. The van der Waals surface area contributed by atoms with Crippen molar-refractivity contribution in [2.24, 2.45) is 5.92 Å². The second-order valence-corrected chi connectivity index (χ2v) is 6.45. The molecule has 1 aromatic rings. The van der Waals surface area contributed by atoms with Gasteiger partial charge in [0.25, 0.3) is 0 Å². The van der Waals surface area contributed by atoms with Crippen LogP contribution in [0.4, 0.5) is 5.69 Å². The van der Waals surface area contributed by atoms with Crippen LogP contribution in [0.2, 0.25) is 0 Å². The summed E-state index contributed by atoms with van der Waals surface area (Å²) in [6.07, 6.45) is 6.65. The normalized spacial score (nSPS) is 18.0. The van der Waals surface area contributed by atoms with Gasteiger partial charge in [0.1, 0.15) is 0 Å². The molecule has 1 saturated heterocycles. The minimum absolute atomic E-state index is 0.439. The Bertz CT molecular complexity index is 408. The fraction of sp³-hybridized carbons (Fsp3) is 0.684. The fourth-order valence-corrected chi connectivity index (χ4v) is 3.48. The van der Waals surface area contributed by atoms with Crippen LogP contribution in [-0.4, -0.2) is 19.6 Å². The van der Waals surface area contributed by atoms with Crippen molar-refractivity contribution in [2.45, 2.75) is 58.9 Å². The van der Waals surface area contributed by atoms with Crippen LogP contribution in [0.15, 0.2) is 24.3 Å². The number of para-hydroxylation sites is 1. The standard InChI is InChI=1S/C19H32N2/c1-4-8-17-11-14-21(15-12-17)19-10-7-6-9-18(19)16(3)20-13-5-2/h6-7,9-10,16-17,20H,4-5,8,11-15H2,1-3H3. The largest absolute Gasteiger partial charge is 0.371 e. The molecule has 0 radical (unpaired) electrons. The Morgan fingerprint density at radius 2 is 1.86 bits per heavy atom. The van der Waals surface area contributed by atoms with Gasteiger partial charge in [-0.25, -0.2) is 0 Å². The predicted molar refractivity (Wildman–Crippen MR) is 93.0 cm³/mol. The number of hydrogen-bond donors (Lipinski definition) is 1. The van der Waals surface area contributed by atoms with Crippen LogP contribution in [0.25, 0.3) is 0 Å². The molecule has 2 rings (SSSR count). The van der Waals surface area contributed by atoms with Crippen LogP contribution in [0.3, 0.4) is 0 Å². The van der Waals surface area contributed by atoms with Crippen LogP contribution in [-0.2, 0) is 0 Å². The molecule has 21 heavy (non-hydrogen) atoms. The van der Waals surface area contributed by atoms with Crippen molar-refractivity contribution in [2.75, 3.05) is 24.5 Å². The smallest absolute Gasteiger partial charge is 0.0414 e. The number of nitrogens with one attached hydrogen (secondary N) is 1. The first-order valence-corrected chi connectivity index (χ1v) is 8.83. The molecule has 0 aromatic heterocycles. The summed E-state index contributed by atoms with van der Waals surface area (Å²) >= 11 is 0. The summed E-state index contributed by atoms with van der Waals surface area (Å²) in [6.45, 7) is 10.4. The van der Waals surface area contributed by atoms with E-state index in [4.69, 9.17) is 0 Å². The minimum atomic E-state index is 0.439. The van der Waals surface area contributed by atoms with Crippen LogP contribution in [0.1, 0.15) is 64.5 Å². The summed E-state index contributed by atoms with van der Waals surface area (Å²) < 4.78 is 0. The first-order chi connectivity index (χ1) is 10.3. The van der Waals surface area contributed by atoms with Crippen LogP contribution < -0.4 is 10.2 Å². The lowest BCUT2D eigenvalue weighted by Gasteiger charge is -2.35. The summed E-state index contributed by atoms with van der Waals surface area (Å²) in [7, 11) is 0. The van der Waals surface area contributed by atoms with Gasteiger partial charge in [-0.3, -0.25) is 0 Å². The summed E-state index contributed by atoms with van der Waals surface area (Å²) in [4.78, 5) is 2.60. The van der Waals surface area contributed by atoms with Crippen molar-refractivity contribution in [3.63, 3.8) is 0 Å². The van der Waals surface area contributed by atoms with Gasteiger partial charge in [-0.15, -0.1) is 0 Å². The highest BCUT2D eigenvalue weighted by atomic mass is 15.1. The number of anilines is 1. The molecule has 0 aliphatic carbocycles. The number of rotatable bonds is 7. The van der Waals surface area contributed by atoms with Gasteiger partial charge in [-0.2, -0.15) is 0 Å². The zero-order valence-electron chi connectivity index (χ0n) is 14.1. The first-order valence-electron chi connectivity index (χ1n) is 8.83. The molecule has 1 heterocycles. The predicted octanol–water partition coefficient (Wildman–Crippen LogP) is 4.76. The molecule has 2 heteroatoms. The van der Waals surface area contributed by atoms with E-state index in [0.717, 1.165) is 12.5 Å².